The van der Waals surface area contributed by atoms with Gasteiger partial charge < -0.3 is 10.1 Å². The van der Waals surface area contributed by atoms with Gasteiger partial charge in [-0.3, -0.25) is 24.3 Å². The molecule has 2 atom stereocenters. The number of fused-ring (bicyclic) bond motifs is 2. The fourth-order valence-corrected chi connectivity index (χ4v) is 5.07. The van der Waals surface area contributed by atoms with E-state index in [-0.39, 0.29) is 5.92 Å². The average molecular weight is 494 g/mol. The highest BCUT2D eigenvalue weighted by Gasteiger charge is 2.47. The summed E-state index contributed by atoms with van der Waals surface area (Å²) in [7, 11) is 1.59. The first-order valence-corrected chi connectivity index (χ1v) is 12.2. The molecular weight excluding hydrogens is 466 g/mol. The Kier molecular flexibility index (Phi) is 6.44. The Morgan fingerprint density at radius 2 is 1.51 bits per heavy atom. The number of hydrogen-bond donors (Lipinski definition) is 1. The molecule has 186 valence electrons. The number of benzene rings is 3. The lowest BCUT2D eigenvalue weighted by atomic mass is 9.81. The van der Waals surface area contributed by atoms with Gasteiger partial charge in [-0.15, -0.1) is 0 Å². The van der Waals surface area contributed by atoms with Crippen LogP contribution in [0.3, 0.4) is 0 Å². The number of methoxy groups -OCH3 is 1. The standard InChI is InChI=1S/C30H27N3O4/c1-18(2)25(19-13-15-21(37-3)16-14-19)27(33-29(35)22-10-4-5-11-23(22)30(33)36)28(34)32-24-12-6-8-20-9-7-17-31-26(20)24/h4-18,25,27H,1-3H3,(H,32,34)/t25-,27+/m0/s1. The van der Waals surface area contributed by atoms with Gasteiger partial charge in [-0.2, -0.15) is 0 Å². The number of ether oxygens (including phenoxy) is 1. The molecule has 7 nitrogen and oxygen atoms in total. The molecule has 0 saturated carbocycles. The van der Waals surface area contributed by atoms with Crippen LogP contribution in [-0.4, -0.2) is 40.8 Å². The number of rotatable bonds is 7. The predicted molar refractivity (Wildman–Crippen MR) is 142 cm³/mol. The van der Waals surface area contributed by atoms with E-state index in [4.69, 9.17) is 4.74 Å². The second-order valence-electron chi connectivity index (χ2n) is 9.38. The number of anilines is 1. The van der Waals surface area contributed by atoms with Gasteiger partial charge in [-0.25, -0.2) is 0 Å². The van der Waals surface area contributed by atoms with E-state index in [1.165, 1.54) is 0 Å². The molecule has 0 aliphatic carbocycles. The van der Waals surface area contributed by atoms with Gasteiger partial charge in [-0.05, 0) is 47.9 Å². The van der Waals surface area contributed by atoms with Crippen molar-refractivity contribution in [1.29, 1.82) is 0 Å². The maximum Gasteiger partial charge on any atom is 0.262 e. The van der Waals surface area contributed by atoms with Gasteiger partial charge in [-0.1, -0.05) is 56.3 Å². The summed E-state index contributed by atoms with van der Waals surface area (Å²) >= 11 is 0. The normalized spacial score (nSPS) is 14.5. The molecule has 7 heteroatoms. The Labute approximate surface area is 215 Å². The Hall–Kier alpha value is -4.52. The van der Waals surface area contributed by atoms with Crippen molar-refractivity contribution >= 4 is 34.3 Å². The van der Waals surface area contributed by atoms with Crippen molar-refractivity contribution in [3.8, 4) is 5.75 Å². The number of amides is 3. The molecule has 1 N–H and O–H groups in total. The maximum absolute atomic E-state index is 14.1. The molecule has 1 aromatic heterocycles. The highest BCUT2D eigenvalue weighted by Crippen LogP contribution is 2.37. The minimum absolute atomic E-state index is 0.0842. The van der Waals surface area contributed by atoms with E-state index in [9.17, 15) is 14.4 Å². The Morgan fingerprint density at radius 1 is 0.865 bits per heavy atom. The van der Waals surface area contributed by atoms with Crippen molar-refractivity contribution in [2.75, 3.05) is 12.4 Å². The van der Waals surface area contributed by atoms with Crippen molar-refractivity contribution in [1.82, 2.24) is 9.88 Å². The first-order chi connectivity index (χ1) is 17.9. The molecule has 5 rings (SSSR count). The molecule has 3 amide bonds. The molecule has 0 bridgehead atoms. The smallest absolute Gasteiger partial charge is 0.262 e. The van der Waals surface area contributed by atoms with E-state index in [0.29, 0.717) is 28.1 Å². The summed E-state index contributed by atoms with van der Waals surface area (Å²) in [4.78, 5) is 46.8. The molecule has 0 saturated heterocycles. The predicted octanol–water partition coefficient (Wildman–Crippen LogP) is 5.29. The fraction of sp³-hybridized carbons (Fsp3) is 0.200. The summed E-state index contributed by atoms with van der Waals surface area (Å²) in [6.07, 6.45) is 1.66. The average Bonchev–Trinajstić information content (AvgIpc) is 3.17. The summed E-state index contributed by atoms with van der Waals surface area (Å²) in [5.41, 5.74) is 2.57. The maximum atomic E-state index is 14.1. The number of aromatic nitrogens is 1. The van der Waals surface area contributed by atoms with Crippen LogP contribution in [0.1, 0.15) is 46.0 Å². The van der Waals surface area contributed by atoms with Gasteiger partial charge in [0, 0.05) is 17.5 Å². The van der Waals surface area contributed by atoms with Crippen molar-refractivity contribution in [3.05, 3.63) is 102 Å². The first-order valence-electron chi connectivity index (χ1n) is 12.2. The molecule has 0 unspecified atom stereocenters. The minimum atomic E-state index is -1.10. The van der Waals surface area contributed by atoms with Crippen molar-refractivity contribution in [3.63, 3.8) is 0 Å². The molecule has 2 heterocycles. The van der Waals surface area contributed by atoms with Crippen molar-refractivity contribution in [2.24, 2.45) is 5.92 Å². The lowest BCUT2D eigenvalue weighted by molar-refractivity contribution is -0.121. The van der Waals surface area contributed by atoms with Gasteiger partial charge in [0.15, 0.2) is 0 Å². The topological polar surface area (TPSA) is 88.6 Å². The third-order valence-electron chi connectivity index (χ3n) is 6.82. The first kappa shape index (κ1) is 24.2. The summed E-state index contributed by atoms with van der Waals surface area (Å²) in [5.74, 6) is -1.29. The van der Waals surface area contributed by atoms with E-state index in [1.807, 2.05) is 62.4 Å². The van der Waals surface area contributed by atoms with Crippen LogP contribution < -0.4 is 10.1 Å². The third-order valence-corrected chi connectivity index (χ3v) is 6.82. The van der Waals surface area contributed by atoms with Crippen molar-refractivity contribution < 1.29 is 19.1 Å². The monoisotopic (exact) mass is 493 g/mol. The van der Waals surface area contributed by atoms with Crippen LogP contribution in [0.15, 0.2) is 85.1 Å². The van der Waals surface area contributed by atoms with Crippen LogP contribution in [0.25, 0.3) is 10.9 Å². The summed E-state index contributed by atoms with van der Waals surface area (Å²) in [6, 6.07) is 22.2. The Morgan fingerprint density at radius 3 is 2.14 bits per heavy atom. The number of imide groups is 1. The molecule has 0 fully saturated rings. The van der Waals surface area contributed by atoms with Crippen LogP contribution >= 0.6 is 0 Å². The molecule has 1 aliphatic heterocycles. The second kappa shape index (κ2) is 9.85. The molecule has 0 radical (unpaired) electrons. The quantitative estimate of drug-likeness (QED) is 0.354. The van der Waals surface area contributed by atoms with E-state index >= 15 is 0 Å². The lowest BCUT2D eigenvalue weighted by Gasteiger charge is -2.35. The molecular formula is C30H27N3O4. The van der Waals surface area contributed by atoms with Crippen LogP contribution in [0.4, 0.5) is 5.69 Å². The van der Waals surface area contributed by atoms with Gasteiger partial charge in [0.05, 0.1) is 29.4 Å². The molecule has 1 aliphatic rings. The zero-order valence-corrected chi connectivity index (χ0v) is 20.8. The minimum Gasteiger partial charge on any atom is -0.497 e. The number of nitrogens with one attached hydrogen (secondary N) is 1. The highest BCUT2D eigenvalue weighted by atomic mass is 16.5. The van der Waals surface area contributed by atoms with Gasteiger partial charge in [0.25, 0.3) is 11.8 Å². The highest BCUT2D eigenvalue weighted by molar-refractivity contribution is 6.23. The summed E-state index contributed by atoms with van der Waals surface area (Å²) < 4.78 is 5.31. The van der Waals surface area contributed by atoms with Gasteiger partial charge in [0.1, 0.15) is 11.8 Å². The fourth-order valence-electron chi connectivity index (χ4n) is 5.07. The van der Waals surface area contributed by atoms with E-state index in [0.717, 1.165) is 15.8 Å². The van der Waals surface area contributed by atoms with Crippen LogP contribution in [0.2, 0.25) is 0 Å². The number of para-hydroxylation sites is 1. The number of nitrogens with zero attached hydrogens (tertiary/aromatic N) is 2. The molecule has 4 aromatic rings. The van der Waals surface area contributed by atoms with Crippen molar-refractivity contribution in [2.45, 2.75) is 25.8 Å². The zero-order valence-electron chi connectivity index (χ0n) is 20.8. The number of hydrogen-bond acceptors (Lipinski definition) is 5. The molecule has 37 heavy (non-hydrogen) atoms. The van der Waals surface area contributed by atoms with Crippen LogP contribution in [0.5, 0.6) is 5.75 Å². The van der Waals surface area contributed by atoms with Crippen LogP contribution in [0, 0.1) is 5.92 Å². The SMILES string of the molecule is COc1ccc([C@H](C(C)C)[C@H](C(=O)Nc2cccc3cccnc23)N2C(=O)c3ccccc3C2=O)cc1. The molecule has 0 spiro atoms. The zero-order chi connectivity index (χ0) is 26.1. The Balaban J connectivity index is 1.62. The van der Waals surface area contributed by atoms with Crippen LogP contribution in [-0.2, 0) is 4.79 Å². The summed E-state index contributed by atoms with van der Waals surface area (Å²) in [5, 5.41) is 3.85. The second-order valence-corrected chi connectivity index (χ2v) is 9.38. The lowest BCUT2D eigenvalue weighted by Crippen LogP contribution is -2.51. The third kappa shape index (κ3) is 4.33. The van der Waals surface area contributed by atoms with Gasteiger partial charge in [0.2, 0.25) is 5.91 Å². The molecule has 3 aromatic carbocycles. The number of pyridine rings is 1. The largest absolute Gasteiger partial charge is 0.497 e. The Bertz CT molecular complexity index is 1460. The van der Waals surface area contributed by atoms with E-state index in [2.05, 4.69) is 10.3 Å². The van der Waals surface area contributed by atoms with Gasteiger partial charge >= 0.3 is 0 Å². The number of carbonyl (C=O) groups is 3. The van der Waals surface area contributed by atoms with E-state index < -0.39 is 29.7 Å². The number of carbonyl (C=O) groups excluding carboxylic acids is 3. The van der Waals surface area contributed by atoms with E-state index in [1.54, 1.807) is 43.6 Å². The summed E-state index contributed by atoms with van der Waals surface area (Å²) in [6.45, 7) is 3.96.